The van der Waals surface area contributed by atoms with Gasteiger partial charge in [-0.05, 0) is 7.05 Å². The van der Waals surface area contributed by atoms with Crippen molar-refractivity contribution in [3.05, 3.63) is 35.9 Å². The van der Waals surface area contributed by atoms with Gasteiger partial charge in [-0.1, -0.05) is 30.3 Å². The Labute approximate surface area is 70.4 Å². The minimum atomic E-state index is -2.77. The van der Waals surface area contributed by atoms with Crippen LogP contribution in [0.1, 0.15) is 5.56 Å². The summed E-state index contributed by atoms with van der Waals surface area (Å²) in [6.07, 6.45) is 0. The molecule has 1 rings (SSSR count). The van der Waals surface area contributed by atoms with Crippen LogP contribution < -0.4 is 5.32 Å². The van der Waals surface area contributed by atoms with Crippen LogP contribution in [0.4, 0.5) is 8.78 Å². The summed E-state index contributed by atoms with van der Waals surface area (Å²) in [5.74, 6) is -2.77. The number of nitrogens with one attached hydrogen (secondary N) is 1. The molecule has 66 valence electrons. The molecule has 0 atom stereocenters. The second-order valence-electron chi connectivity index (χ2n) is 2.60. The van der Waals surface area contributed by atoms with Crippen molar-refractivity contribution < 1.29 is 8.78 Å². The molecule has 0 heterocycles. The SMILES string of the molecule is CNCC(F)(F)c1ccccc1. The third-order valence-electron chi connectivity index (χ3n) is 1.59. The van der Waals surface area contributed by atoms with E-state index in [4.69, 9.17) is 0 Å². The molecule has 0 saturated heterocycles. The minimum absolute atomic E-state index is 0.0550. The van der Waals surface area contributed by atoms with Crippen molar-refractivity contribution >= 4 is 0 Å². The van der Waals surface area contributed by atoms with Crippen molar-refractivity contribution in [1.82, 2.24) is 5.32 Å². The van der Waals surface area contributed by atoms with Gasteiger partial charge in [0, 0.05) is 5.56 Å². The monoisotopic (exact) mass is 171 g/mol. The second-order valence-corrected chi connectivity index (χ2v) is 2.60. The molecular formula is C9H11F2N. The lowest BCUT2D eigenvalue weighted by atomic mass is 10.1. The van der Waals surface area contributed by atoms with Gasteiger partial charge in [-0.15, -0.1) is 0 Å². The fourth-order valence-electron chi connectivity index (χ4n) is 1.01. The highest BCUT2D eigenvalue weighted by molar-refractivity contribution is 5.20. The molecule has 0 aliphatic heterocycles. The normalized spacial score (nSPS) is 11.6. The van der Waals surface area contributed by atoms with Crippen LogP contribution in [0, 0.1) is 0 Å². The standard InChI is InChI=1S/C9H11F2N/c1-12-7-9(10,11)8-5-3-2-4-6-8/h2-6,12H,7H2,1H3. The predicted molar refractivity (Wildman–Crippen MR) is 44.3 cm³/mol. The molecule has 0 fully saturated rings. The van der Waals surface area contributed by atoms with E-state index in [2.05, 4.69) is 5.32 Å². The maximum absolute atomic E-state index is 13.1. The van der Waals surface area contributed by atoms with Crippen molar-refractivity contribution in [1.29, 1.82) is 0 Å². The molecule has 1 N–H and O–H groups in total. The van der Waals surface area contributed by atoms with E-state index in [-0.39, 0.29) is 12.1 Å². The molecule has 0 aromatic heterocycles. The van der Waals surface area contributed by atoms with Gasteiger partial charge in [0.2, 0.25) is 0 Å². The topological polar surface area (TPSA) is 12.0 Å². The molecule has 1 nitrogen and oxygen atoms in total. The fourth-order valence-corrected chi connectivity index (χ4v) is 1.01. The van der Waals surface area contributed by atoms with Crippen LogP contribution in [0.2, 0.25) is 0 Å². The third-order valence-corrected chi connectivity index (χ3v) is 1.59. The molecule has 12 heavy (non-hydrogen) atoms. The van der Waals surface area contributed by atoms with Crippen LogP contribution in [0.3, 0.4) is 0 Å². The first kappa shape index (κ1) is 9.13. The van der Waals surface area contributed by atoms with Crippen LogP contribution >= 0.6 is 0 Å². The van der Waals surface area contributed by atoms with E-state index < -0.39 is 5.92 Å². The Morgan fingerprint density at radius 1 is 1.25 bits per heavy atom. The summed E-state index contributed by atoms with van der Waals surface area (Å²) in [5.41, 5.74) is 0.0550. The van der Waals surface area contributed by atoms with Crippen molar-refractivity contribution in [2.75, 3.05) is 13.6 Å². The Morgan fingerprint density at radius 2 is 1.83 bits per heavy atom. The maximum Gasteiger partial charge on any atom is 0.285 e. The summed E-state index contributed by atoms with van der Waals surface area (Å²) in [4.78, 5) is 0. The van der Waals surface area contributed by atoms with Gasteiger partial charge in [0.1, 0.15) is 0 Å². The molecule has 0 unspecified atom stereocenters. The molecule has 0 amide bonds. The highest BCUT2D eigenvalue weighted by atomic mass is 19.3. The molecule has 1 aromatic carbocycles. The molecule has 1 aromatic rings. The summed E-state index contributed by atoms with van der Waals surface area (Å²) < 4.78 is 26.2. The van der Waals surface area contributed by atoms with Gasteiger partial charge in [0.25, 0.3) is 5.92 Å². The quantitative estimate of drug-likeness (QED) is 0.733. The minimum Gasteiger partial charge on any atom is -0.314 e. The summed E-state index contributed by atoms with van der Waals surface area (Å²) in [6, 6.07) is 7.80. The number of halogens is 2. The molecule has 0 aliphatic carbocycles. The Kier molecular flexibility index (Phi) is 2.76. The Hall–Kier alpha value is -0.960. The molecule has 0 spiro atoms. The zero-order valence-corrected chi connectivity index (χ0v) is 6.85. The van der Waals surface area contributed by atoms with Crippen LogP contribution in [-0.2, 0) is 5.92 Å². The molecule has 0 bridgehead atoms. The van der Waals surface area contributed by atoms with Crippen molar-refractivity contribution in [2.24, 2.45) is 0 Å². The summed E-state index contributed by atoms with van der Waals surface area (Å²) in [5, 5.41) is 2.46. The molecule has 0 radical (unpaired) electrons. The lowest BCUT2D eigenvalue weighted by molar-refractivity contribution is -0.00125. The van der Waals surface area contributed by atoms with Gasteiger partial charge in [-0.2, -0.15) is 8.78 Å². The average molecular weight is 171 g/mol. The van der Waals surface area contributed by atoms with Gasteiger partial charge in [0.15, 0.2) is 0 Å². The first-order valence-corrected chi connectivity index (χ1v) is 3.75. The largest absolute Gasteiger partial charge is 0.314 e. The molecule has 3 heteroatoms. The lowest BCUT2D eigenvalue weighted by Gasteiger charge is -2.15. The van der Waals surface area contributed by atoms with E-state index in [9.17, 15) is 8.78 Å². The van der Waals surface area contributed by atoms with Gasteiger partial charge < -0.3 is 5.32 Å². The van der Waals surface area contributed by atoms with Gasteiger partial charge in [-0.25, -0.2) is 0 Å². The van der Waals surface area contributed by atoms with Crippen LogP contribution in [0.5, 0.6) is 0 Å². The molecule has 0 aliphatic rings. The number of alkyl halides is 2. The second kappa shape index (κ2) is 3.63. The zero-order valence-electron chi connectivity index (χ0n) is 6.85. The summed E-state index contributed by atoms with van der Waals surface area (Å²) in [7, 11) is 1.51. The van der Waals surface area contributed by atoms with Crippen LogP contribution in [0.15, 0.2) is 30.3 Å². The van der Waals surface area contributed by atoms with E-state index >= 15 is 0 Å². The highest BCUT2D eigenvalue weighted by Crippen LogP contribution is 2.26. The Balaban J connectivity index is 2.82. The summed E-state index contributed by atoms with van der Waals surface area (Å²) >= 11 is 0. The third kappa shape index (κ3) is 2.01. The van der Waals surface area contributed by atoms with Crippen LogP contribution in [0.25, 0.3) is 0 Å². The number of benzene rings is 1. The van der Waals surface area contributed by atoms with E-state index in [1.54, 1.807) is 18.2 Å². The number of hydrogen-bond acceptors (Lipinski definition) is 1. The van der Waals surface area contributed by atoms with Gasteiger partial charge in [0.05, 0.1) is 6.54 Å². The van der Waals surface area contributed by atoms with Crippen LogP contribution in [-0.4, -0.2) is 13.6 Å². The lowest BCUT2D eigenvalue weighted by Crippen LogP contribution is -2.27. The number of likely N-dealkylation sites (N-methyl/N-ethyl adjacent to an activating group) is 1. The van der Waals surface area contributed by atoms with Crippen molar-refractivity contribution in [2.45, 2.75) is 5.92 Å². The smallest absolute Gasteiger partial charge is 0.285 e. The average Bonchev–Trinajstić information content (AvgIpc) is 2.06. The molecular weight excluding hydrogens is 160 g/mol. The number of rotatable bonds is 3. The number of hydrogen-bond donors (Lipinski definition) is 1. The first-order valence-electron chi connectivity index (χ1n) is 3.75. The predicted octanol–water partition coefficient (Wildman–Crippen LogP) is 2.00. The Bertz CT molecular complexity index is 234. The Morgan fingerprint density at radius 3 is 2.33 bits per heavy atom. The van der Waals surface area contributed by atoms with Gasteiger partial charge >= 0.3 is 0 Å². The molecule has 0 saturated carbocycles. The first-order chi connectivity index (χ1) is 5.67. The highest BCUT2D eigenvalue weighted by Gasteiger charge is 2.29. The van der Waals surface area contributed by atoms with E-state index in [1.165, 1.54) is 19.2 Å². The fraction of sp³-hybridized carbons (Fsp3) is 0.333. The van der Waals surface area contributed by atoms with E-state index in [0.29, 0.717) is 0 Å². The maximum atomic E-state index is 13.1. The summed E-state index contributed by atoms with van der Waals surface area (Å²) in [6.45, 7) is -0.322. The van der Waals surface area contributed by atoms with E-state index in [1.807, 2.05) is 0 Å². The van der Waals surface area contributed by atoms with Gasteiger partial charge in [-0.3, -0.25) is 0 Å². The van der Waals surface area contributed by atoms with Crippen molar-refractivity contribution in [3.8, 4) is 0 Å². The zero-order chi connectivity index (χ0) is 9.03. The van der Waals surface area contributed by atoms with E-state index in [0.717, 1.165) is 0 Å². The van der Waals surface area contributed by atoms with Crippen molar-refractivity contribution in [3.63, 3.8) is 0 Å².